The third-order valence-corrected chi connectivity index (χ3v) is 6.03. The number of halogens is 1. The van der Waals surface area contributed by atoms with E-state index in [1.54, 1.807) is 17.0 Å². The molecule has 6 heteroatoms. The Hall–Kier alpha value is -3.15. The summed E-state index contributed by atoms with van der Waals surface area (Å²) in [6.07, 6.45) is 0. The van der Waals surface area contributed by atoms with Crippen molar-refractivity contribution in [3.8, 4) is 0 Å². The van der Waals surface area contributed by atoms with Crippen LogP contribution in [-0.4, -0.2) is 27.4 Å². The van der Waals surface area contributed by atoms with Crippen LogP contribution in [0.5, 0.6) is 0 Å². The van der Waals surface area contributed by atoms with E-state index >= 15 is 0 Å². The van der Waals surface area contributed by atoms with Gasteiger partial charge in [0.1, 0.15) is 11.9 Å². The fraction of sp³-hybridized carbons (Fsp3) is 0.273. The van der Waals surface area contributed by atoms with E-state index in [2.05, 4.69) is 22.0 Å². The average Bonchev–Trinajstić information content (AvgIpc) is 3.13. The van der Waals surface area contributed by atoms with E-state index in [1.807, 2.05) is 26.0 Å². The van der Waals surface area contributed by atoms with E-state index in [1.165, 1.54) is 12.1 Å². The lowest BCUT2D eigenvalue weighted by atomic mass is 9.73. The van der Waals surface area contributed by atoms with Crippen molar-refractivity contribution >= 4 is 22.8 Å². The molecule has 2 aliphatic heterocycles. The quantitative estimate of drug-likeness (QED) is 0.695. The molecule has 2 aromatic carbocycles. The summed E-state index contributed by atoms with van der Waals surface area (Å²) in [6.45, 7) is 4.99. The molecule has 2 aliphatic rings. The first-order chi connectivity index (χ1) is 13.4. The molecule has 5 nitrogen and oxygen atoms in total. The lowest BCUT2D eigenvalue weighted by Gasteiger charge is -2.41. The molecule has 142 valence electrons. The van der Waals surface area contributed by atoms with Crippen LogP contribution in [0, 0.1) is 5.82 Å². The number of para-hydroxylation sites is 1. The number of nitrogens with one attached hydrogen (secondary N) is 1. The van der Waals surface area contributed by atoms with E-state index < -0.39 is 11.5 Å². The normalized spacial score (nSPS) is 20.2. The fourth-order valence-corrected chi connectivity index (χ4v) is 4.88. The summed E-state index contributed by atoms with van der Waals surface area (Å²) >= 11 is 0. The van der Waals surface area contributed by atoms with Crippen molar-refractivity contribution < 1.29 is 14.0 Å². The third kappa shape index (κ3) is 2.24. The van der Waals surface area contributed by atoms with E-state index in [0.29, 0.717) is 13.1 Å². The van der Waals surface area contributed by atoms with Gasteiger partial charge in [-0.3, -0.25) is 10.1 Å². The van der Waals surface area contributed by atoms with Crippen LogP contribution in [0.25, 0.3) is 10.9 Å². The Balaban J connectivity index is 1.74. The molecule has 0 saturated carbocycles. The number of hydrogen-bond donors (Lipinski definition) is 1. The van der Waals surface area contributed by atoms with Gasteiger partial charge >= 0.3 is 6.03 Å². The molecule has 0 bridgehead atoms. The summed E-state index contributed by atoms with van der Waals surface area (Å²) in [6, 6.07) is 13.7. The van der Waals surface area contributed by atoms with Crippen molar-refractivity contribution in [1.82, 2.24) is 14.8 Å². The Morgan fingerprint density at radius 2 is 1.82 bits per heavy atom. The fourth-order valence-electron chi connectivity index (χ4n) is 4.88. The second-order valence-electron chi connectivity index (χ2n) is 8.10. The van der Waals surface area contributed by atoms with Crippen LogP contribution < -0.4 is 5.32 Å². The molecule has 3 aromatic rings. The smallest absolute Gasteiger partial charge is 0.325 e. The zero-order valence-corrected chi connectivity index (χ0v) is 15.7. The highest BCUT2D eigenvalue weighted by Gasteiger charge is 2.53. The van der Waals surface area contributed by atoms with Crippen LogP contribution in [0.15, 0.2) is 48.5 Å². The monoisotopic (exact) mass is 377 g/mol. The van der Waals surface area contributed by atoms with Gasteiger partial charge in [-0.05, 0) is 29.3 Å². The van der Waals surface area contributed by atoms with Gasteiger partial charge in [0.05, 0.1) is 6.54 Å². The number of carbonyl (C=O) groups is 2. The maximum absolute atomic E-state index is 13.3. The molecule has 1 saturated heterocycles. The van der Waals surface area contributed by atoms with Crippen molar-refractivity contribution in [2.45, 2.75) is 38.4 Å². The van der Waals surface area contributed by atoms with Crippen molar-refractivity contribution in [3.05, 3.63) is 71.2 Å². The van der Waals surface area contributed by atoms with Crippen LogP contribution in [0.4, 0.5) is 9.18 Å². The van der Waals surface area contributed by atoms with Gasteiger partial charge in [0.25, 0.3) is 5.91 Å². The van der Waals surface area contributed by atoms with Crippen molar-refractivity contribution in [2.75, 3.05) is 0 Å². The van der Waals surface area contributed by atoms with Gasteiger partial charge in [0.2, 0.25) is 0 Å². The van der Waals surface area contributed by atoms with Crippen LogP contribution in [0.2, 0.25) is 0 Å². The molecule has 0 spiro atoms. The molecule has 1 N–H and O–H groups in total. The highest BCUT2D eigenvalue weighted by Crippen LogP contribution is 2.45. The summed E-state index contributed by atoms with van der Waals surface area (Å²) in [5.74, 6) is -0.504. The minimum Gasteiger partial charge on any atom is -0.338 e. The molecule has 3 amide bonds. The average molecular weight is 377 g/mol. The highest BCUT2D eigenvalue weighted by atomic mass is 19.1. The van der Waals surface area contributed by atoms with Crippen LogP contribution in [0.3, 0.4) is 0 Å². The first kappa shape index (κ1) is 17.0. The first-order valence-corrected chi connectivity index (χ1v) is 9.34. The zero-order chi connectivity index (χ0) is 19.6. The molecule has 1 aromatic heterocycles. The van der Waals surface area contributed by atoms with E-state index in [0.717, 1.165) is 27.7 Å². The molecule has 0 aliphatic carbocycles. The molecule has 1 fully saturated rings. The number of hydrogen-bond acceptors (Lipinski definition) is 2. The summed E-state index contributed by atoms with van der Waals surface area (Å²) < 4.78 is 15.5. The molecule has 3 heterocycles. The Morgan fingerprint density at radius 3 is 2.57 bits per heavy atom. The minimum absolute atomic E-state index is 0.240. The van der Waals surface area contributed by atoms with Crippen LogP contribution in [0.1, 0.15) is 30.7 Å². The number of fused-ring (bicyclic) bond motifs is 4. The topological polar surface area (TPSA) is 54.3 Å². The van der Waals surface area contributed by atoms with Crippen molar-refractivity contribution in [1.29, 1.82) is 0 Å². The van der Waals surface area contributed by atoms with Gasteiger partial charge in [-0.15, -0.1) is 0 Å². The lowest BCUT2D eigenvalue weighted by Crippen LogP contribution is -2.52. The molecule has 1 atom stereocenters. The number of carbonyl (C=O) groups excluding carboxylic acids is 2. The van der Waals surface area contributed by atoms with E-state index in [4.69, 9.17) is 0 Å². The van der Waals surface area contributed by atoms with Gasteiger partial charge in [-0.25, -0.2) is 9.18 Å². The number of amides is 3. The second-order valence-corrected chi connectivity index (χ2v) is 8.10. The van der Waals surface area contributed by atoms with Crippen LogP contribution >= 0.6 is 0 Å². The summed E-state index contributed by atoms with van der Waals surface area (Å²) in [5, 5.41) is 3.55. The summed E-state index contributed by atoms with van der Waals surface area (Å²) in [7, 11) is 0. The predicted molar refractivity (Wildman–Crippen MR) is 103 cm³/mol. The van der Waals surface area contributed by atoms with E-state index in [9.17, 15) is 14.0 Å². The van der Waals surface area contributed by atoms with Gasteiger partial charge < -0.3 is 9.47 Å². The molecular formula is C22H20FN3O2. The van der Waals surface area contributed by atoms with Gasteiger partial charge in [0.15, 0.2) is 0 Å². The maximum Gasteiger partial charge on any atom is 0.325 e. The number of aromatic nitrogens is 1. The Labute approximate surface area is 161 Å². The molecular weight excluding hydrogens is 357 g/mol. The first-order valence-electron chi connectivity index (χ1n) is 9.34. The molecule has 1 unspecified atom stereocenters. The van der Waals surface area contributed by atoms with Gasteiger partial charge in [0, 0.05) is 28.6 Å². The summed E-state index contributed by atoms with van der Waals surface area (Å²) in [4.78, 5) is 26.5. The lowest BCUT2D eigenvalue weighted by molar-refractivity contribution is -0.123. The largest absolute Gasteiger partial charge is 0.338 e. The maximum atomic E-state index is 13.3. The molecule has 0 radical (unpaired) electrons. The zero-order valence-electron chi connectivity index (χ0n) is 15.7. The van der Waals surface area contributed by atoms with Crippen molar-refractivity contribution in [3.63, 3.8) is 0 Å². The summed E-state index contributed by atoms with van der Waals surface area (Å²) in [5.41, 5.74) is 3.64. The van der Waals surface area contributed by atoms with Crippen LogP contribution in [-0.2, 0) is 23.3 Å². The van der Waals surface area contributed by atoms with E-state index in [-0.39, 0.29) is 17.8 Å². The number of nitrogens with zero attached hydrogens (tertiary/aromatic N) is 2. The number of imide groups is 1. The van der Waals surface area contributed by atoms with Gasteiger partial charge in [-0.2, -0.15) is 0 Å². The predicted octanol–water partition coefficient (Wildman–Crippen LogP) is 3.54. The number of rotatable bonds is 2. The third-order valence-electron chi connectivity index (χ3n) is 6.03. The molecule has 5 rings (SSSR count). The molecule has 28 heavy (non-hydrogen) atoms. The SMILES string of the molecule is CC1(C)c2c(n(Cc3ccc(F)cc3)c3ccccc23)CN2C(=O)NC(=O)C21. The Bertz CT molecular complexity index is 1130. The van der Waals surface area contributed by atoms with Crippen molar-refractivity contribution in [2.24, 2.45) is 0 Å². The highest BCUT2D eigenvalue weighted by molar-refractivity contribution is 6.06. The Morgan fingerprint density at radius 1 is 1.11 bits per heavy atom. The minimum atomic E-state index is -0.530. The van der Waals surface area contributed by atoms with Gasteiger partial charge in [-0.1, -0.05) is 44.2 Å². The Kier molecular flexibility index (Phi) is 3.44. The second kappa shape index (κ2) is 5.67. The number of benzene rings is 2. The number of urea groups is 1. The standard InChI is InChI=1S/C22H20FN3O2/c1-22(2)18-15-5-3-4-6-16(15)25(11-13-7-9-14(23)10-8-13)17(18)12-26-19(22)20(27)24-21(26)28/h3-10,19H,11-12H2,1-2H3,(H,24,27,28).